The normalized spacial score (nSPS) is 21.9. The van der Waals surface area contributed by atoms with Gasteiger partial charge in [0.25, 0.3) is 0 Å². The SMILES string of the molecule is C#C/C(Cl)=C(\C=C/C)OCCC1CCCN1. The summed E-state index contributed by atoms with van der Waals surface area (Å²) in [6, 6.07) is 0.580. The van der Waals surface area contributed by atoms with E-state index < -0.39 is 0 Å². The van der Waals surface area contributed by atoms with Gasteiger partial charge >= 0.3 is 0 Å². The highest BCUT2D eigenvalue weighted by Gasteiger charge is 2.13. The lowest BCUT2D eigenvalue weighted by molar-refractivity contribution is 0.209. The first kappa shape index (κ1) is 13.2. The average Bonchev–Trinajstić information content (AvgIpc) is 2.80. The minimum absolute atomic E-state index is 0.331. The highest BCUT2D eigenvalue weighted by atomic mass is 35.5. The van der Waals surface area contributed by atoms with E-state index in [4.69, 9.17) is 22.8 Å². The fraction of sp³-hybridized carbons (Fsp3) is 0.538. The molecule has 0 aromatic rings. The van der Waals surface area contributed by atoms with E-state index in [1.54, 1.807) is 6.08 Å². The van der Waals surface area contributed by atoms with E-state index in [1.807, 2.05) is 13.0 Å². The molecule has 1 saturated heterocycles. The number of ether oxygens (including phenoxy) is 1. The third-order valence-electron chi connectivity index (χ3n) is 2.55. The predicted molar refractivity (Wildman–Crippen MR) is 68.1 cm³/mol. The van der Waals surface area contributed by atoms with Gasteiger partial charge in [0.2, 0.25) is 0 Å². The number of hydrogen-bond donors (Lipinski definition) is 1. The molecule has 0 saturated carbocycles. The summed E-state index contributed by atoms with van der Waals surface area (Å²) in [5.74, 6) is 2.97. The van der Waals surface area contributed by atoms with Gasteiger partial charge in [-0.05, 0) is 38.8 Å². The van der Waals surface area contributed by atoms with Crippen LogP contribution in [-0.4, -0.2) is 19.2 Å². The lowest BCUT2D eigenvalue weighted by atomic mass is 10.2. The number of hydrogen-bond acceptors (Lipinski definition) is 2. The van der Waals surface area contributed by atoms with Crippen LogP contribution in [0.5, 0.6) is 0 Å². The van der Waals surface area contributed by atoms with Crippen LogP contribution in [-0.2, 0) is 4.74 Å². The van der Waals surface area contributed by atoms with Crippen molar-refractivity contribution in [3.05, 3.63) is 22.9 Å². The Labute approximate surface area is 103 Å². The quantitative estimate of drug-likeness (QED) is 0.453. The van der Waals surface area contributed by atoms with Gasteiger partial charge in [0.05, 0.1) is 6.61 Å². The summed E-state index contributed by atoms with van der Waals surface area (Å²) in [7, 11) is 0. The second kappa shape index (κ2) is 7.38. The first-order chi connectivity index (χ1) is 7.77. The molecular formula is C13H18ClNO. The molecule has 1 aliphatic rings. The molecule has 1 fully saturated rings. The standard InChI is InChI=1S/C13H18ClNO/c1-3-6-13(12(14)4-2)16-10-8-11-7-5-9-15-11/h2-3,6,11,15H,5,7-10H2,1H3/b6-3-,13-12-. The molecule has 1 N–H and O–H groups in total. The molecule has 0 radical (unpaired) electrons. The zero-order valence-corrected chi connectivity index (χ0v) is 10.4. The van der Waals surface area contributed by atoms with Crippen molar-refractivity contribution in [2.45, 2.75) is 32.2 Å². The topological polar surface area (TPSA) is 21.3 Å². The molecule has 1 atom stereocenters. The van der Waals surface area contributed by atoms with E-state index in [9.17, 15) is 0 Å². The van der Waals surface area contributed by atoms with Crippen LogP contribution in [0.25, 0.3) is 0 Å². The van der Waals surface area contributed by atoms with Gasteiger partial charge in [-0.2, -0.15) is 0 Å². The van der Waals surface area contributed by atoms with Crippen LogP contribution >= 0.6 is 11.6 Å². The molecule has 0 aromatic carbocycles. The summed E-state index contributed by atoms with van der Waals surface area (Å²) in [5.41, 5.74) is 0. The number of halogens is 1. The second-order valence-corrected chi connectivity index (χ2v) is 4.13. The largest absolute Gasteiger partial charge is 0.491 e. The van der Waals surface area contributed by atoms with Crippen LogP contribution in [0.3, 0.4) is 0 Å². The lowest BCUT2D eigenvalue weighted by Gasteiger charge is -2.11. The molecule has 1 heterocycles. The molecule has 0 spiro atoms. The molecule has 1 unspecified atom stereocenters. The fourth-order valence-electron chi connectivity index (χ4n) is 1.72. The average molecular weight is 240 g/mol. The Kier molecular flexibility index (Phi) is 6.07. The van der Waals surface area contributed by atoms with Crippen molar-refractivity contribution < 1.29 is 4.74 Å². The third-order valence-corrected chi connectivity index (χ3v) is 2.84. The van der Waals surface area contributed by atoms with Crippen LogP contribution in [0.2, 0.25) is 0 Å². The molecule has 0 amide bonds. The summed E-state index contributed by atoms with van der Waals surface area (Å²) in [6.07, 6.45) is 12.4. The Bertz CT molecular complexity index is 308. The number of nitrogens with one attached hydrogen (secondary N) is 1. The molecule has 3 heteroatoms. The van der Waals surface area contributed by atoms with Gasteiger partial charge < -0.3 is 10.1 Å². The van der Waals surface area contributed by atoms with E-state index in [0.717, 1.165) is 13.0 Å². The molecule has 1 rings (SSSR count). The highest BCUT2D eigenvalue weighted by Crippen LogP contribution is 2.14. The van der Waals surface area contributed by atoms with Gasteiger partial charge in [0.1, 0.15) is 10.8 Å². The number of terminal acetylenes is 1. The summed E-state index contributed by atoms with van der Waals surface area (Å²) >= 11 is 5.86. The monoisotopic (exact) mass is 239 g/mol. The maximum Gasteiger partial charge on any atom is 0.146 e. The molecule has 0 aromatic heterocycles. The highest BCUT2D eigenvalue weighted by molar-refractivity contribution is 6.32. The fourth-order valence-corrected chi connectivity index (χ4v) is 1.84. The second-order valence-electron chi connectivity index (χ2n) is 3.75. The molecule has 0 aliphatic carbocycles. The van der Waals surface area contributed by atoms with Crippen molar-refractivity contribution >= 4 is 11.6 Å². The van der Waals surface area contributed by atoms with Crippen LogP contribution < -0.4 is 5.32 Å². The molecule has 1 aliphatic heterocycles. The molecule has 2 nitrogen and oxygen atoms in total. The van der Waals surface area contributed by atoms with E-state index in [1.165, 1.54) is 12.8 Å². The Morgan fingerprint density at radius 1 is 1.69 bits per heavy atom. The number of rotatable bonds is 5. The summed E-state index contributed by atoms with van der Waals surface area (Å²) in [5, 5.41) is 3.75. The van der Waals surface area contributed by atoms with Crippen LogP contribution in [0, 0.1) is 12.3 Å². The maximum absolute atomic E-state index is 5.86. The van der Waals surface area contributed by atoms with Gasteiger partial charge in [0.15, 0.2) is 0 Å². The minimum Gasteiger partial charge on any atom is -0.491 e. The van der Waals surface area contributed by atoms with Gasteiger partial charge in [-0.25, -0.2) is 0 Å². The maximum atomic E-state index is 5.86. The van der Waals surface area contributed by atoms with Gasteiger partial charge in [-0.1, -0.05) is 23.6 Å². The summed E-state index contributed by atoms with van der Waals surface area (Å²) < 4.78 is 5.58. The lowest BCUT2D eigenvalue weighted by Crippen LogP contribution is -2.22. The van der Waals surface area contributed by atoms with E-state index >= 15 is 0 Å². The van der Waals surface area contributed by atoms with Crippen LogP contribution in [0.15, 0.2) is 22.9 Å². The third kappa shape index (κ3) is 4.30. The summed E-state index contributed by atoms with van der Waals surface area (Å²) in [4.78, 5) is 0. The smallest absolute Gasteiger partial charge is 0.146 e. The van der Waals surface area contributed by atoms with Crippen molar-refractivity contribution in [2.75, 3.05) is 13.2 Å². The molecule has 0 bridgehead atoms. The Balaban J connectivity index is 2.36. The zero-order chi connectivity index (χ0) is 11.8. The molecule has 16 heavy (non-hydrogen) atoms. The molecule has 88 valence electrons. The van der Waals surface area contributed by atoms with Crippen LogP contribution in [0.1, 0.15) is 26.2 Å². The van der Waals surface area contributed by atoms with Crippen molar-refractivity contribution in [3.63, 3.8) is 0 Å². The minimum atomic E-state index is 0.331. The molecular weight excluding hydrogens is 222 g/mol. The van der Waals surface area contributed by atoms with Crippen LogP contribution in [0.4, 0.5) is 0 Å². The Morgan fingerprint density at radius 3 is 3.06 bits per heavy atom. The summed E-state index contributed by atoms with van der Waals surface area (Å²) in [6.45, 7) is 3.67. The van der Waals surface area contributed by atoms with Crippen molar-refractivity contribution in [1.29, 1.82) is 0 Å². The van der Waals surface area contributed by atoms with Crippen molar-refractivity contribution in [2.24, 2.45) is 0 Å². The van der Waals surface area contributed by atoms with E-state index in [-0.39, 0.29) is 0 Å². The van der Waals surface area contributed by atoms with Crippen molar-refractivity contribution in [3.8, 4) is 12.3 Å². The van der Waals surface area contributed by atoms with E-state index in [0.29, 0.717) is 23.4 Å². The number of allylic oxidation sites excluding steroid dienone is 3. The predicted octanol–water partition coefficient (Wildman–Crippen LogP) is 2.80. The van der Waals surface area contributed by atoms with Crippen molar-refractivity contribution in [1.82, 2.24) is 5.32 Å². The van der Waals surface area contributed by atoms with Gasteiger partial charge in [-0.3, -0.25) is 0 Å². The first-order valence-corrected chi connectivity index (χ1v) is 6.01. The Hall–Kier alpha value is -0.910. The Morgan fingerprint density at radius 2 is 2.50 bits per heavy atom. The van der Waals surface area contributed by atoms with E-state index in [2.05, 4.69) is 11.2 Å². The van der Waals surface area contributed by atoms with Gasteiger partial charge in [0, 0.05) is 6.04 Å². The zero-order valence-electron chi connectivity index (χ0n) is 9.63. The van der Waals surface area contributed by atoms with Gasteiger partial charge in [-0.15, -0.1) is 6.42 Å². The first-order valence-electron chi connectivity index (χ1n) is 5.63.